The molecule has 4 heteroatoms. The van der Waals surface area contributed by atoms with E-state index in [1.54, 1.807) is 46.8 Å². The Morgan fingerprint density at radius 1 is 0.478 bits per heavy atom. The van der Waals surface area contributed by atoms with Gasteiger partial charge in [0.1, 0.15) is 0 Å². The lowest BCUT2D eigenvalue weighted by molar-refractivity contribution is 0.665. The lowest BCUT2D eigenvalue weighted by atomic mass is 9.94. The quantitative estimate of drug-likeness (QED) is 0.0634. The van der Waals surface area contributed by atoms with Gasteiger partial charge < -0.3 is 0 Å². The molecule has 4 aromatic heterocycles. The van der Waals surface area contributed by atoms with Crippen molar-refractivity contribution in [3.8, 4) is 19.5 Å². The van der Waals surface area contributed by atoms with Gasteiger partial charge >= 0.3 is 0 Å². The van der Waals surface area contributed by atoms with Crippen LogP contribution in [0.5, 0.6) is 0 Å². The molecule has 5 aromatic rings. The molecule has 0 aliphatic carbocycles. The second-order valence-corrected chi connectivity index (χ2v) is 17.4. The predicted molar refractivity (Wildman–Crippen MR) is 215 cm³/mol. The molecule has 0 aliphatic heterocycles. The largest absolute Gasteiger partial charge is 0.143 e. The van der Waals surface area contributed by atoms with E-state index in [0.29, 0.717) is 0 Å². The third-order valence-electron chi connectivity index (χ3n) is 9.74. The van der Waals surface area contributed by atoms with Crippen LogP contribution >= 0.6 is 45.3 Å². The van der Waals surface area contributed by atoms with Crippen molar-refractivity contribution in [2.45, 2.75) is 156 Å². The van der Waals surface area contributed by atoms with Gasteiger partial charge in [0.25, 0.3) is 0 Å². The van der Waals surface area contributed by atoms with Crippen molar-refractivity contribution >= 4 is 65.5 Å². The fourth-order valence-corrected chi connectivity index (χ4v) is 11.9. The molecule has 4 heterocycles. The van der Waals surface area contributed by atoms with E-state index in [1.807, 2.05) is 22.7 Å². The molecule has 0 fully saturated rings. The predicted octanol–water partition coefficient (Wildman–Crippen LogP) is 16.1. The van der Waals surface area contributed by atoms with Gasteiger partial charge in [-0.3, -0.25) is 0 Å². The van der Waals surface area contributed by atoms with E-state index in [1.165, 1.54) is 144 Å². The molecule has 0 spiro atoms. The summed E-state index contributed by atoms with van der Waals surface area (Å²) in [6.07, 6.45) is 26.2. The van der Waals surface area contributed by atoms with Gasteiger partial charge in [-0.05, 0) is 114 Å². The molecule has 0 N–H and O–H groups in total. The van der Waals surface area contributed by atoms with Gasteiger partial charge in [0.15, 0.2) is 0 Å². The minimum atomic E-state index is 1.22. The summed E-state index contributed by atoms with van der Waals surface area (Å²) in [5.74, 6) is 0. The Morgan fingerprint density at radius 2 is 1.00 bits per heavy atom. The second kappa shape index (κ2) is 18.9. The molecule has 0 nitrogen and oxygen atoms in total. The maximum atomic E-state index is 2.59. The lowest BCUT2D eigenvalue weighted by Crippen LogP contribution is -1.94. The Bertz CT molecular complexity index is 1610. The van der Waals surface area contributed by atoms with Crippen molar-refractivity contribution in [1.82, 2.24) is 0 Å². The number of hydrogen-bond acceptors (Lipinski definition) is 4. The molecule has 0 saturated heterocycles. The van der Waals surface area contributed by atoms with E-state index < -0.39 is 0 Å². The molecular weight excluding hydrogens is 633 g/mol. The summed E-state index contributed by atoms with van der Waals surface area (Å²) >= 11 is 8.19. The average molecular weight is 691 g/mol. The SMILES string of the molecule is CCCCCCc1ccsc1-c1cc2cc3sc(-c4sccc4CCCCCC)c(CCCCCC)c3c(CCCCCC)c2s1. The first-order valence-electron chi connectivity index (χ1n) is 18.8. The van der Waals surface area contributed by atoms with E-state index >= 15 is 0 Å². The Balaban J connectivity index is 1.59. The van der Waals surface area contributed by atoms with Crippen LogP contribution in [0.1, 0.15) is 153 Å². The third-order valence-corrected chi connectivity index (χ3v) is 14.4. The van der Waals surface area contributed by atoms with Gasteiger partial charge in [-0.2, -0.15) is 0 Å². The zero-order valence-corrected chi connectivity index (χ0v) is 32.5. The van der Waals surface area contributed by atoms with Gasteiger partial charge in [-0.25, -0.2) is 0 Å². The highest BCUT2D eigenvalue weighted by molar-refractivity contribution is 7.27. The smallest absolute Gasteiger partial charge is 0.0490 e. The topological polar surface area (TPSA) is 0 Å². The number of rotatable bonds is 22. The number of benzene rings is 1. The average Bonchev–Trinajstić information content (AvgIpc) is 3.87. The summed E-state index contributed by atoms with van der Waals surface area (Å²) in [6, 6.07) is 9.99. The highest BCUT2D eigenvalue weighted by atomic mass is 32.1. The highest BCUT2D eigenvalue weighted by Crippen LogP contribution is 2.49. The van der Waals surface area contributed by atoms with Crippen molar-refractivity contribution in [3.63, 3.8) is 0 Å². The molecule has 0 unspecified atom stereocenters. The molecule has 0 amide bonds. The Kier molecular flexibility index (Phi) is 14.7. The molecule has 46 heavy (non-hydrogen) atoms. The Morgan fingerprint density at radius 3 is 1.59 bits per heavy atom. The van der Waals surface area contributed by atoms with E-state index in [4.69, 9.17) is 0 Å². The number of aryl methyl sites for hydroxylation is 4. The maximum absolute atomic E-state index is 2.59. The standard InChI is InChI=1S/C42H58S4/c1-5-9-13-17-21-31-25-27-43-40(31)37-30-33-29-36-38(34(39(33)46-37)23-19-15-11-7-3)35(24-20-16-12-8-4)42(45-36)41-32(26-28-44-41)22-18-14-10-6-2/h25-30H,5-24H2,1-4H3. The summed E-state index contributed by atoms with van der Waals surface area (Å²) in [5.41, 5.74) is 6.53. The maximum Gasteiger partial charge on any atom is 0.0490 e. The van der Waals surface area contributed by atoms with E-state index in [0.717, 1.165) is 0 Å². The van der Waals surface area contributed by atoms with Crippen molar-refractivity contribution in [2.75, 3.05) is 0 Å². The van der Waals surface area contributed by atoms with Gasteiger partial charge in [0.05, 0.1) is 0 Å². The normalized spacial score (nSPS) is 11.9. The van der Waals surface area contributed by atoms with Crippen molar-refractivity contribution in [3.05, 3.63) is 57.3 Å². The van der Waals surface area contributed by atoms with E-state index in [-0.39, 0.29) is 0 Å². The summed E-state index contributed by atoms with van der Waals surface area (Å²) in [6.45, 7) is 9.31. The van der Waals surface area contributed by atoms with Crippen LogP contribution < -0.4 is 0 Å². The molecule has 0 radical (unpaired) electrons. The van der Waals surface area contributed by atoms with Gasteiger partial charge in [-0.15, -0.1) is 45.3 Å². The lowest BCUT2D eigenvalue weighted by Gasteiger charge is -2.11. The second-order valence-electron chi connectivity index (χ2n) is 13.5. The molecule has 250 valence electrons. The molecular formula is C42H58S4. The fourth-order valence-electron chi connectivity index (χ4n) is 7.11. The Labute approximate surface area is 296 Å². The molecule has 1 aromatic carbocycles. The summed E-state index contributed by atoms with van der Waals surface area (Å²) in [5, 5.41) is 7.83. The van der Waals surface area contributed by atoms with Crippen LogP contribution in [0.15, 0.2) is 35.0 Å². The molecule has 5 rings (SSSR count). The summed E-state index contributed by atoms with van der Waals surface area (Å²) in [7, 11) is 0. The highest BCUT2D eigenvalue weighted by Gasteiger charge is 2.23. The van der Waals surface area contributed by atoms with Crippen LogP contribution in [0.3, 0.4) is 0 Å². The number of unbranched alkanes of at least 4 members (excludes halogenated alkanes) is 12. The van der Waals surface area contributed by atoms with Crippen LogP contribution in [-0.2, 0) is 25.7 Å². The first-order chi connectivity index (χ1) is 22.7. The Hall–Kier alpha value is -1.46. The minimum Gasteiger partial charge on any atom is -0.143 e. The summed E-state index contributed by atoms with van der Waals surface area (Å²) < 4.78 is 3.12. The molecule has 0 bridgehead atoms. The molecule has 0 atom stereocenters. The molecule has 0 saturated carbocycles. The summed E-state index contributed by atoms with van der Waals surface area (Å²) in [4.78, 5) is 6.22. The van der Waals surface area contributed by atoms with Crippen LogP contribution in [0.2, 0.25) is 0 Å². The van der Waals surface area contributed by atoms with Gasteiger partial charge in [0.2, 0.25) is 0 Å². The van der Waals surface area contributed by atoms with E-state index in [2.05, 4.69) is 85.4 Å². The van der Waals surface area contributed by atoms with Gasteiger partial charge in [-0.1, -0.05) is 105 Å². The van der Waals surface area contributed by atoms with Crippen molar-refractivity contribution in [2.24, 2.45) is 0 Å². The zero-order valence-electron chi connectivity index (χ0n) is 29.2. The van der Waals surface area contributed by atoms with Crippen LogP contribution in [-0.4, -0.2) is 0 Å². The minimum absolute atomic E-state index is 1.22. The van der Waals surface area contributed by atoms with Crippen LogP contribution in [0, 0.1) is 0 Å². The first-order valence-corrected chi connectivity index (χ1v) is 22.2. The molecule has 0 aliphatic rings. The monoisotopic (exact) mass is 690 g/mol. The van der Waals surface area contributed by atoms with Crippen molar-refractivity contribution < 1.29 is 0 Å². The third kappa shape index (κ3) is 8.95. The number of hydrogen-bond donors (Lipinski definition) is 0. The fraction of sp³-hybridized carbons (Fsp3) is 0.571. The first kappa shape index (κ1) is 35.8. The zero-order chi connectivity index (χ0) is 32.1. The van der Waals surface area contributed by atoms with Gasteiger partial charge in [0, 0.05) is 34.3 Å². The van der Waals surface area contributed by atoms with Crippen LogP contribution in [0.25, 0.3) is 39.7 Å². The number of fused-ring (bicyclic) bond motifs is 2. The van der Waals surface area contributed by atoms with Crippen LogP contribution in [0.4, 0.5) is 0 Å². The van der Waals surface area contributed by atoms with E-state index in [9.17, 15) is 0 Å². The van der Waals surface area contributed by atoms with Crippen molar-refractivity contribution in [1.29, 1.82) is 0 Å². The number of thiophene rings is 4.